The zero-order valence-corrected chi connectivity index (χ0v) is 19.5. The van der Waals surface area contributed by atoms with Crippen LogP contribution in [0.2, 0.25) is 5.15 Å². The van der Waals surface area contributed by atoms with Gasteiger partial charge in [-0.15, -0.1) is 0 Å². The number of rotatable bonds is 10. The molecule has 0 spiro atoms. The summed E-state index contributed by atoms with van der Waals surface area (Å²) in [7, 11) is 0. The molecule has 0 amide bonds. The number of ether oxygens (including phenoxy) is 1. The number of hydrogen-bond acceptors (Lipinski definition) is 3. The Labute approximate surface area is 188 Å². The molecule has 2 aliphatic rings. The number of pyridine rings is 1. The summed E-state index contributed by atoms with van der Waals surface area (Å²) in [6.07, 6.45) is 21.5. The standard InChI is InChI=1S/C26H40ClNO2/c1-2-3-4-5-6-7-8-20-9-11-21(12-10-20)22-13-15-23(16-14-22)26(29)30-24-17-18-25(27)28-19-24/h17-23H,2-16H2,1H3/t20-,21-,22?,23?. The Morgan fingerprint density at radius 1 is 0.933 bits per heavy atom. The van der Waals surface area contributed by atoms with Crippen molar-refractivity contribution in [1.82, 2.24) is 4.98 Å². The minimum Gasteiger partial charge on any atom is -0.425 e. The third-order valence-electron chi connectivity index (χ3n) is 7.55. The summed E-state index contributed by atoms with van der Waals surface area (Å²) in [6.45, 7) is 2.29. The zero-order valence-electron chi connectivity index (χ0n) is 18.8. The molecule has 2 fully saturated rings. The lowest BCUT2D eigenvalue weighted by molar-refractivity contribution is -0.140. The van der Waals surface area contributed by atoms with E-state index in [9.17, 15) is 4.79 Å². The van der Waals surface area contributed by atoms with Crippen molar-refractivity contribution >= 4 is 17.6 Å². The molecule has 1 aromatic rings. The third-order valence-corrected chi connectivity index (χ3v) is 7.77. The van der Waals surface area contributed by atoms with Crippen LogP contribution in [0.15, 0.2) is 18.3 Å². The van der Waals surface area contributed by atoms with Gasteiger partial charge in [0.05, 0.1) is 12.1 Å². The van der Waals surface area contributed by atoms with Gasteiger partial charge in [0.2, 0.25) is 0 Å². The van der Waals surface area contributed by atoms with Gasteiger partial charge in [0.1, 0.15) is 10.9 Å². The zero-order chi connectivity index (χ0) is 21.2. The van der Waals surface area contributed by atoms with Crippen LogP contribution in [0.25, 0.3) is 0 Å². The third kappa shape index (κ3) is 7.55. The van der Waals surface area contributed by atoms with Crippen LogP contribution in [-0.2, 0) is 4.79 Å². The first-order chi connectivity index (χ1) is 14.7. The average Bonchev–Trinajstić information content (AvgIpc) is 2.78. The van der Waals surface area contributed by atoms with E-state index in [-0.39, 0.29) is 11.9 Å². The molecule has 3 nitrogen and oxygen atoms in total. The van der Waals surface area contributed by atoms with Crippen LogP contribution < -0.4 is 4.74 Å². The SMILES string of the molecule is CCCCCCCC[C@H]1CC[C@H](C2CCC(C(=O)Oc3ccc(Cl)nc3)CC2)CC1. The molecule has 30 heavy (non-hydrogen) atoms. The Morgan fingerprint density at radius 3 is 2.20 bits per heavy atom. The number of carbonyl (C=O) groups is 1. The number of unbranched alkanes of at least 4 members (excludes halogenated alkanes) is 5. The van der Waals surface area contributed by atoms with E-state index in [1.54, 1.807) is 12.1 Å². The number of carbonyl (C=O) groups excluding carboxylic acids is 1. The van der Waals surface area contributed by atoms with Crippen LogP contribution in [0.1, 0.15) is 103 Å². The molecule has 0 unspecified atom stereocenters. The maximum atomic E-state index is 12.5. The van der Waals surface area contributed by atoms with Crippen molar-refractivity contribution in [2.45, 2.75) is 103 Å². The fraction of sp³-hybridized carbons (Fsp3) is 0.769. The second kappa shape index (κ2) is 12.7. The summed E-state index contributed by atoms with van der Waals surface area (Å²) in [5, 5.41) is 0.414. The van der Waals surface area contributed by atoms with Gasteiger partial charge in [-0.05, 0) is 68.4 Å². The molecule has 0 saturated heterocycles. The molecule has 4 heteroatoms. The van der Waals surface area contributed by atoms with Crippen LogP contribution >= 0.6 is 11.6 Å². The first-order valence-electron chi connectivity index (χ1n) is 12.5. The van der Waals surface area contributed by atoms with Gasteiger partial charge in [-0.25, -0.2) is 4.98 Å². The van der Waals surface area contributed by atoms with Gasteiger partial charge >= 0.3 is 5.97 Å². The van der Waals surface area contributed by atoms with Gasteiger partial charge in [0.15, 0.2) is 0 Å². The predicted molar refractivity (Wildman–Crippen MR) is 124 cm³/mol. The van der Waals surface area contributed by atoms with Gasteiger partial charge in [-0.3, -0.25) is 4.79 Å². The summed E-state index contributed by atoms with van der Waals surface area (Å²) in [6, 6.07) is 3.37. The molecule has 168 valence electrons. The summed E-state index contributed by atoms with van der Waals surface area (Å²) in [5.41, 5.74) is 0. The van der Waals surface area contributed by atoms with Crippen LogP contribution in [0.5, 0.6) is 5.75 Å². The number of aromatic nitrogens is 1. The first kappa shape index (κ1) is 23.6. The number of esters is 1. The first-order valence-corrected chi connectivity index (χ1v) is 12.9. The van der Waals surface area contributed by atoms with Crippen molar-refractivity contribution in [2.24, 2.45) is 23.7 Å². The van der Waals surface area contributed by atoms with Crippen molar-refractivity contribution in [2.75, 3.05) is 0 Å². The van der Waals surface area contributed by atoms with E-state index in [4.69, 9.17) is 16.3 Å². The predicted octanol–water partition coefficient (Wildman–Crippen LogP) is 8.00. The van der Waals surface area contributed by atoms with Gasteiger partial charge < -0.3 is 4.74 Å². The second-order valence-corrected chi connectivity index (χ2v) is 10.1. The fourth-order valence-corrected chi connectivity index (χ4v) is 5.72. The Bertz CT molecular complexity index is 616. The Hall–Kier alpha value is -1.09. The molecule has 2 saturated carbocycles. The normalized spacial score (nSPS) is 27.0. The van der Waals surface area contributed by atoms with Gasteiger partial charge in [-0.1, -0.05) is 76.3 Å². The number of hydrogen-bond donors (Lipinski definition) is 0. The minimum atomic E-state index is -0.0970. The Morgan fingerprint density at radius 2 is 1.57 bits per heavy atom. The van der Waals surface area contributed by atoms with Crippen molar-refractivity contribution in [3.8, 4) is 5.75 Å². The summed E-state index contributed by atoms with van der Waals surface area (Å²) >= 11 is 5.79. The highest BCUT2D eigenvalue weighted by molar-refractivity contribution is 6.29. The van der Waals surface area contributed by atoms with Crippen LogP contribution in [0, 0.1) is 23.7 Å². The van der Waals surface area contributed by atoms with E-state index in [0.717, 1.165) is 30.6 Å². The van der Waals surface area contributed by atoms with Crippen molar-refractivity contribution < 1.29 is 9.53 Å². The van der Waals surface area contributed by atoms with Crippen LogP contribution in [0.4, 0.5) is 0 Å². The molecule has 2 aliphatic carbocycles. The van der Waals surface area contributed by atoms with Gasteiger partial charge in [0.25, 0.3) is 0 Å². The monoisotopic (exact) mass is 433 g/mol. The molecule has 0 atom stereocenters. The van der Waals surface area contributed by atoms with Gasteiger partial charge in [0, 0.05) is 0 Å². The highest BCUT2D eigenvalue weighted by Gasteiger charge is 2.33. The smallest absolute Gasteiger partial charge is 0.314 e. The molecule has 1 heterocycles. The molecule has 0 N–H and O–H groups in total. The molecule has 3 rings (SSSR count). The maximum Gasteiger partial charge on any atom is 0.314 e. The molecule has 0 aliphatic heterocycles. The van der Waals surface area contributed by atoms with E-state index in [1.165, 1.54) is 89.7 Å². The summed E-state index contributed by atoms with van der Waals surface area (Å²) in [5.74, 6) is 3.13. The molecular formula is C26H40ClNO2. The fourth-order valence-electron chi connectivity index (χ4n) is 5.61. The number of nitrogens with zero attached hydrogens (tertiary/aromatic N) is 1. The quantitative estimate of drug-likeness (QED) is 0.213. The van der Waals surface area contributed by atoms with Crippen LogP contribution in [-0.4, -0.2) is 11.0 Å². The van der Waals surface area contributed by atoms with E-state index < -0.39 is 0 Å². The summed E-state index contributed by atoms with van der Waals surface area (Å²) < 4.78 is 5.51. The Kier molecular flexibility index (Phi) is 9.97. The van der Waals surface area contributed by atoms with E-state index in [0.29, 0.717) is 10.9 Å². The maximum absolute atomic E-state index is 12.5. The van der Waals surface area contributed by atoms with Crippen LogP contribution in [0.3, 0.4) is 0 Å². The molecule has 0 bridgehead atoms. The molecule has 0 radical (unpaired) electrons. The molecule has 0 aromatic carbocycles. The van der Waals surface area contributed by atoms with Crippen molar-refractivity contribution in [3.05, 3.63) is 23.5 Å². The van der Waals surface area contributed by atoms with Gasteiger partial charge in [-0.2, -0.15) is 0 Å². The second-order valence-electron chi connectivity index (χ2n) is 9.69. The lowest BCUT2D eigenvalue weighted by Gasteiger charge is -2.37. The molecule has 1 aromatic heterocycles. The topological polar surface area (TPSA) is 39.2 Å². The highest BCUT2D eigenvalue weighted by Crippen LogP contribution is 2.42. The average molecular weight is 434 g/mol. The number of halogens is 1. The molecular weight excluding hydrogens is 394 g/mol. The highest BCUT2D eigenvalue weighted by atomic mass is 35.5. The van der Waals surface area contributed by atoms with E-state index in [2.05, 4.69) is 11.9 Å². The van der Waals surface area contributed by atoms with Crippen molar-refractivity contribution in [1.29, 1.82) is 0 Å². The minimum absolute atomic E-state index is 0.0426. The Balaban J connectivity index is 1.30. The van der Waals surface area contributed by atoms with E-state index >= 15 is 0 Å². The van der Waals surface area contributed by atoms with E-state index in [1.807, 2.05) is 0 Å². The lowest BCUT2D eigenvalue weighted by atomic mass is 9.68. The lowest BCUT2D eigenvalue weighted by Crippen LogP contribution is -2.30. The van der Waals surface area contributed by atoms with Crippen molar-refractivity contribution in [3.63, 3.8) is 0 Å². The summed E-state index contributed by atoms with van der Waals surface area (Å²) in [4.78, 5) is 16.5. The largest absolute Gasteiger partial charge is 0.425 e.